The summed E-state index contributed by atoms with van der Waals surface area (Å²) in [5.41, 5.74) is 0. The molecule has 0 rings (SSSR count). The van der Waals surface area contributed by atoms with Crippen LogP contribution in [0.5, 0.6) is 0 Å². The average Bonchev–Trinajstić information content (AvgIpc) is 1.70. The van der Waals surface area contributed by atoms with Crippen LogP contribution in [-0.2, 0) is 11.7 Å². The zero-order valence-electron chi connectivity index (χ0n) is 5.56. The van der Waals surface area contributed by atoms with E-state index in [0.29, 0.717) is 11.7 Å². The molecule has 9 heavy (non-hydrogen) atoms. The monoisotopic (exact) mass is 394 g/mol. The van der Waals surface area contributed by atoms with Crippen LogP contribution in [0, 0.1) is 0 Å². The summed E-state index contributed by atoms with van der Waals surface area (Å²) in [6.07, 6.45) is 0. The fraction of sp³-hybridized carbons (Fsp3) is 1.00. The van der Waals surface area contributed by atoms with Gasteiger partial charge in [0.05, 0.1) is 0 Å². The maximum absolute atomic E-state index is 7.57. The van der Waals surface area contributed by atoms with E-state index < -0.39 is 0 Å². The van der Waals surface area contributed by atoms with E-state index in [2.05, 4.69) is 38.4 Å². The van der Waals surface area contributed by atoms with Gasteiger partial charge in [0.1, 0.15) is 0 Å². The molecule has 0 saturated carbocycles. The first kappa shape index (κ1) is 17.3. The molecule has 0 fully saturated rings. The fourth-order valence-corrected chi connectivity index (χ4v) is 0. The second-order valence-corrected chi connectivity index (χ2v) is 13.9. The van der Waals surface area contributed by atoms with E-state index in [9.17, 15) is 0 Å². The number of rotatable bonds is 0. The molecule has 0 saturated heterocycles. The van der Waals surface area contributed by atoms with E-state index in [1.165, 1.54) is 0 Å². The van der Waals surface area contributed by atoms with Crippen molar-refractivity contribution < 1.29 is 21.9 Å². The van der Waals surface area contributed by atoms with Gasteiger partial charge in [-0.15, -0.1) is 0 Å². The van der Waals surface area contributed by atoms with Gasteiger partial charge in [-0.3, -0.25) is 0 Å². The first-order chi connectivity index (χ1) is 4.24. The van der Waals surface area contributed by atoms with Gasteiger partial charge in [0.25, 0.3) is 0 Å². The Morgan fingerprint density at radius 1 is 1.11 bits per heavy atom. The summed E-state index contributed by atoms with van der Waals surface area (Å²) >= 11 is 5.24. The zero-order chi connectivity index (χ0) is 8.12. The standard InChI is InChI=1S/2C2H6O.2HI.Ti/c2*1-2-3;;;/h2*3H,2H2,1H3;2*1H;/q;;;;+2/p-2. The van der Waals surface area contributed by atoms with Crippen molar-refractivity contribution in [2.75, 3.05) is 13.2 Å². The molecule has 0 atom stereocenters. The van der Waals surface area contributed by atoms with E-state index in [1.807, 2.05) is 0 Å². The summed E-state index contributed by atoms with van der Waals surface area (Å²) in [5.74, 6) is 0. The fourth-order valence-electron chi connectivity index (χ4n) is 0. The van der Waals surface area contributed by atoms with Crippen LogP contribution in [0.3, 0.4) is 0 Å². The first-order valence-corrected chi connectivity index (χ1v) is 12.5. The molecule has 0 heterocycles. The van der Waals surface area contributed by atoms with Crippen LogP contribution in [0.2, 0.25) is 0 Å². The van der Waals surface area contributed by atoms with Crippen molar-refractivity contribution in [3.05, 3.63) is 0 Å². The molecule has 0 spiro atoms. The van der Waals surface area contributed by atoms with Crippen LogP contribution in [0.25, 0.3) is 0 Å². The van der Waals surface area contributed by atoms with Gasteiger partial charge in [0, 0.05) is 13.2 Å². The van der Waals surface area contributed by atoms with Gasteiger partial charge < -0.3 is 10.2 Å². The summed E-state index contributed by atoms with van der Waals surface area (Å²) < 4.78 is 0. The Morgan fingerprint density at radius 2 is 1.11 bits per heavy atom. The molecule has 0 amide bonds. The molecule has 2 N–H and O–H groups in total. The van der Waals surface area contributed by atoms with Gasteiger partial charge in [-0.1, -0.05) is 0 Å². The van der Waals surface area contributed by atoms with Gasteiger partial charge in [0.2, 0.25) is 0 Å². The molecular weight excluding hydrogens is 382 g/mol. The summed E-state index contributed by atoms with van der Waals surface area (Å²) in [5, 5.41) is 15.1. The molecular formula is C4H12I2O2Ti. The minimum atomic E-state index is 0.250. The first-order valence-electron chi connectivity index (χ1n) is 2.42. The second kappa shape index (κ2) is 32.2. The van der Waals surface area contributed by atoms with Crippen molar-refractivity contribution >= 4 is 38.4 Å². The van der Waals surface area contributed by atoms with Crippen molar-refractivity contribution in [2.45, 2.75) is 13.8 Å². The summed E-state index contributed by atoms with van der Waals surface area (Å²) in [7, 11) is 0. The van der Waals surface area contributed by atoms with Crippen molar-refractivity contribution in [3.63, 3.8) is 0 Å². The normalized spacial score (nSPS) is 5.56. The molecule has 0 aromatic heterocycles. The maximum atomic E-state index is 7.57. The SMILES string of the molecule is CCO.CCO.[I][Ti][I]. The van der Waals surface area contributed by atoms with E-state index >= 15 is 0 Å². The Bertz CT molecular complexity index is 21.3. The molecule has 0 bridgehead atoms. The van der Waals surface area contributed by atoms with E-state index in [-0.39, 0.29) is 13.2 Å². The predicted octanol–water partition coefficient (Wildman–Crippen LogP) is 1.77. The Balaban J connectivity index is -0.0000000600. The van der Waals surface area contributed by atoms with Crippen LogP contribution >= 0.6 is 38.4 Å². The summed E-state index contributed by atoms with van der Waals surface area (Å²) in [6.45, 7) is 3.86. The molecule has 0 aromatic carbocycles. The number of hydrogen-bond acceptors (Lipinski definition) is 2. The average molecular weight is 394 g/mol. The second-order valence-electron chi connectivity index (χ2n) is 0.704. The summed E-state index contributed by atoms with van der Waals surface area (Å²) in [4.78, 5) is 0. The van der Waals surface area contributed by atoms with Crippen LogP contribution in [-0.4, -0.2) is 23.4 Å². The van der Waals surface area contributed by atoms with E-state index in [0.717, 1.165) is 0 Å². The molecule has 0 aromatic rings. The van der Waals surface area contributed by atoms with Crippen LogP contribution < -0.4 is 0 Å². The number of aliphatic hydroxyl groups excluding tert-OH is 2. The Labute approximate surface area is 86.1 Å². The van der Waals surface area contributed by atoms with Gasteiger partial charge >= 0.3 is 50.0 Å². The van der Waals surface area contributed by atoms with Gasteiger partial charge in [-0.25, -0.2) is 0 Å². The topological polar surface area (TPSA) is 40.5 Å². The number of halogens is 2. The third-order valence-corrected chi connectivity index (χ3v) is 0. The molecule has 0 unspecified atom stereocenters. The third-order valence-electron chi connectivity index (χ3n) is 0. The molecule has 0 aliphatic carbocycles. The number of hydrogen-bond donors (Lipinski definition) is 2. The van der Waals surface area contributed by atoms with Crippen molar-refractivity contribution in [1.82, 2.24) is 0 Å². The molecule has 58 valence electrons. The quantitative estimate of drug-likeness (QED) is 0.486. The van der Waals surface area contributed by atoms with Gasteiger partial charge in [-0.2, -0.15) is 0 Å². The van der Waals surface area contributed by atoms with E-state index in [4.69, 9.17) is 10.2 Å². The minimum absolute atomic E-state index is 0.250. The molecule has 2 nitrogen and oxygen atoms in total. The molecule has 0 aliphatic heterocycles. The van der Waals surface area contributed by atoms with Crippen LogP contribution in [0.4, 0.5) is 0 Å². The third kappa shape index (κ3) is 151. The van der Waals surface area contributed by atoms with Crippen LogP contribution in [0.1, 0.15) is 13.8 Å². The van der Waals surface area contributed by atoms with Crippen molar-refractivity contribution in [3.8, 4) is 0 Å². The van der Waals surface area contributed by atoms with Crippen molar-refractivity contribution in [1.29, 1.82) is 0 Å². The number of aliphatic hydroxyl groups is 2. The van der Waals surface area contributed by atoms with Gasteiger partial charge in [0.15, 0.2) is 0 Å². The van der Waals surface area contributed by atoms with E-state index in [1.54, 1.807) is 13.8 Å². The summed E-state index contributed by atoms with van der Waals surface area (Å²) in [6, 6.07) is 0. The van der Waals surface area contributed by atoms with Crippen LogP contribution in [0.15, 0.2) is 0 Å². The molecule has 5 heteroatoms. The molecule has 0 aliphatic rings. The predicted molar refractivity (Wildman–Crippen MR) is 53.6 cm³/mol. The zero-order valence-corrected chi connectivity index (χ0v) is 11.4. The molecule has 0 radical (unpaired) electrons. The van der Waals surface area contributed by atoms with Crippen molar-refractivity contribution in [2.24, 2.45) is 0 Å². The Kier molecular flexibility index (Phi) is 61.7. The van der Waals surface area contributed by atoms with Gasteiger partial charge in [-0.05, 0) is 13.8 Å². The Hall–Kier alpha value is 2.09. The Morgan fingerprint density at radius 3 is 1.11 bits per heavy atom.